The molecule has 4 rings (SSSR count). The highest BCUT2D eigenvalue weighted by atomic mass is 127. The van der Waals surface area contributed by atoms with Gasteiger partial charge in [0.05, 0.1) is 11.1 Å². The summed E-state index contributed by atoms with van der Waals surface area (Å²) in [5.74, 6) is -0.244. The van der Waals surface area contributed by atoms with Crippen molar-refractivity contribution in [1.29, 1.82) is 0 Å². The van der Waals surface area contributed by atoms with Gasteiger partial charge in [-0.3, -0.25) is 4.99 Å². The van der Waals surface area contributed by atoms with Gasteiger partial charge in [-0.05, 0) is 34.2 Å². The van der Waals surface area contributed by atoms with Crippen molar-refractivity contribution in [3.63, 3.8) is 0 Å². The van der Waals surface area contributed by atoms with E-state index in [9.17, 15) is 4.39 Å². The SMILES string of the molecule is Fc1ccccc1C1=NC=C(Cn2cc(I)c3c(Cl)ncnc32)C1. The standard InChI is InChI=1S/C17H11ClFIN4/c18-16-15-13(20)8-24(17(15)23-9-22-16)7-10-5-14(21-6-10)11-3-1-2-4-12(11)19/h1-4,6,8-9H,5,7H2. The Morgan fingerprint density at radius 2 is 2.08 bits per heavy atom. The summed E-state index contributed by atoms with van der Waals surface area (Å²) in [5.41, 5.74) is 3.19. The Hall–Kier alpha value is -1.80. The smallest absolute Gasteiger partial charge is 0.146 e. The minimum atomic E-state index is -0.244. The van der Waals surface area contributed by atoms with Gasteiger partial charge in [0.2, 0.25) is 0 Å². The number of nitrogens with zero attached hydrogens (tertiary/aromatic N) is 4. The molecule has 0 aliphatic carbocycles. The highest BCUT2D eigenvalue weighted by Gasteiger charge is 2.18. The maximum absolute atomic E-state index is 13.9. The van der Waals surface area contributed by atoms with Crippen molar-refractivity contribution in [3.05, 3.63) is 68.7 Å². The molecule has 0 saturated heterocycles. The van der Waals surface area contributed by atoms with Crippen molar-refractivity contribution < 1.29 is 4.39 Å². The predicted molar refractivity (Wildman–Crippen MR) is 101 cm³/mol. The van der Waals surface area contributed by atoms with Crippen LogP contribution in [0.25, 0.3) is 11.0 Å². The van der Waals surface area contributed by atoms with Crippen LogP contribution in [0.1, 0.15) is 12.0 Å². The van der Waals surface area contributed by atoms with Gasteiger partial charge in [-0.15, -0.1) is 0 Å². The first-order valence-corrected chi connectivity index (χ1v) is 8.73. The summed E-state index contributed by atoms with van der Waals surface area (Å²) >= 11 is 8.39. The summed E-state index contributed by atoms with van der Waals surface area (Å²) < 4.78 is 16.9. The Kier molecular flexibility index (Phi) is 4.09. The Labute approximate surface area is 156 Å². The minimum Gasteiger partial charge on any atom is -0.327 e. The molecular formula is C17H11ClFIN4. The molecule has 1 aromatic carbocycles. The molecular weight excluding hydrogens is 442 g/mol. The van der Waals surface area contributed by atoms with Crippen LogP contribution in [-0.4, -0.2) is 20.2 Å². The zero-order chi connectivity index (χ0) is 16.7. The van der Waals surface area contributed by atoms with Crippen LogP contribution in [0.5, 0.6) is 0 Å². The molecule has 0 fully saturated rings. The van der Waals surface area contributed by atoms with Crippen molar-refractivity contribution in [2.45, 2.75) is 13.0 Å². The van der Waals surface area contributed by atoms with Crippen LogP contribution >= 0.6 is 34.2 Å². The molecule has 120 valence electrons. The van der Waals surface area contributed by atoms with Crippen LogP contribution in [0.3, 0.4) is 0 Å². The number of aliphatic imine (C=N–C) groups is 1. The van der Waals surface area contributed by atoms with Crippen molar-refractivity contribution in [2.24, 2.45) is 4.99 Å². The molecule has 3 aromatic rings. The van der Waals surface area contributed by atoms with E-state index in [0.717, 1.165) is 25.9 Å². The Morgan fingerprint density at radius 1 is 1.25 bits per heavy atom. The van der Waals surface area contributed by atoms with Gasteiger partial charge in [0.15, 0.2) is 0 Å². The molecule has 3 heterocycles. The molecule has 1 aliphatic rings. The van der Waals surface area contributed by atoms with E-state index in [1.165, 1.54) is 12.4 Å². The number of aromatic nitrogens is 3. The fourth-order valence-corrected chi connectivity index (χ4v) is 4.04. The van der Waals surface area contributed by atoms with Crippen LogP contribution in [0.4, 0.5) is 4.39 Å². The fraction of sp³-hybridized carbons (Fsp3) is 0.118. The van der Waals surface area contributed by atoms with Gasteiger partial charge < -0.3 is 4.57 Å². The van der Waals surface area contributed by atoms with E-state index in [0.29, 0.717) is 23.7 Å². The monoisotopic (exact) mass is 452 g/mol. The van der Waals surface area contributed by atoms with E-state index in [1.807, 2.05) is 23.0 Å². The average molecular weight is 453 g/mol. The molecule has 2 aromatic heterocycles. The quantitative estimate of drug-likeness (QED) is 0.430. The van der Waals surface area contributed by atoms with E-state index in [-0.39, 0.29) is 5.82 Å². The van der Waals surface area contributed by atoms with E-state index in [2.05, 4.69) is 37.6 Å². The second-order valence-electron chi connectivity index (χ2n) is 5.49. The third-order valence-corrected chi connectivity index (χ3v) is 5.02. The molecule has 7 heteroatoms. The Morgan fingerprint density at radius 3 is 2.92 bits per heavy atom. The molecule has 0 bridgehead atoms. The zero-order valence-corrected chi connectivity index (χ0v) is 15.3. The molecule has 0 unspecified atom stereocenters. The van der Waals surface area contributed by atoms with E-state index in [1.54, 1.807) is 12.1 Å². The van der Waals surface area contributed by atoms with Gasteiger partial charge in [0.25, 0.3) is 0 Å². The molecule has 0 amide bonds. The van der Waals surface area contributed by atoms with Crippen LogP contribution < -0.4 is 0 Å². The largest absolute Gasteiger partial charge is 0.327 e. The van der Waals surface area contributed by atoms with Crippen LogP contribution in [0.15, 0.2) is 53.6 Å². The summed E-state index contributed by atoms with van der Waals surface area (Å²) in [7, 11) is 0. The van der Waals surface area contributed by atoms with Gasteiger partial charge in [-0.25, -0.2) is 14.4 Å². The van der Waals surface area contributed by atoms with Crippen molar-refractivity contribution in [3.8, 4) is 0 Å². The lowest BCUT2D eigenvalue weighted by Crippen LogP contribution is -2.05. The van der Waals surface area contributed by atoms with Gasteiger partial charge in [0, 0.05) is 34.5 Å². The number of hydrogen-bond acceptors (Lipinski definition) is 3. The van der Waals surface area contributed by atoms with Crippen LogP contribution in [-0.2, 0) is 6.54 Å². The summed E-state index contributed by atoms with van der Waals surface area (Å²) in [5, 5.41) is 1.31. The lowest BCUT2D eigenvalue weighted by molar-refractivity contribution is 0.625. The lowest BCUT2D eigenvalue weighted by atomic mass is 10.0. The first-order valence-electron chi connectivity index (χ1n) is 7.28. The average Bonchev–Trinajstić information content (AvgIpc) is 3.14. The van der Waals surface area contributed by atoms with Crippen molar-refractivity contribution in [2.75, 3.05) is 0 Å². The molecule has 1 aliphatic heterocycles. The highest BCUT2D eigenvalue weighted by Crippen LogP contribution is 2.28. The number of hydrogen-bond donors (Lipinski definition) is 0. The van der Waals surface area contributed by atoms with Crippen molar-refractivity contribution in [1.82, 2.24) is 14.5 Å². The molecule has 24 heavy (non-hydrogen) atoms. The lowest BCUT2D eigenvalue weighted by Gasteiger charge is -2.07. The second kappa shape index (κ2) is 6.25. The minimum absolute atomic E-state index is 0.244. The highest BCUT2D eigenvalue weighted by molar-refractivity contribution is 14.1. The van der Waals surface area contributed by atoms with Gasteiger partial charge in [-0.2, -0.15) is 0 Å². The third-order valence-electron chi connectivity index (χ3n) is 3.92. The summed E-state index contributed by atoms with van der Waals surface area (Å²) in [6, 6.07) is 6.71. The number of fused-ring (bicyclic) bond motifs is 1. The number of halogens is 3. The Balaban J connectivity index is 1.59. The molecule has 0 radical (unpaired) electrons. The van der Waals surface area contributed by atoms with Crippen molar-refractivity contribution >= 4 is 50.9 Å². The molecule has 4 nitrogen and oxygen atoms in total. The maximum atomic E-state index is 13.9. The number of benzene rings is 1. The van der Waals surface area contributed by atoms with E-state index < -0.39 is 0 Å². The number of rotatable bonds is 3. The topological polar surface area (TPSA) is 43.1 Å². The summed E-state index contributed by atoms with van der Waals surface area (Å²) in [6.45, 7) is 0.633. The normalized spacial score (nSPS) is 14.1. The van der Waals surface area contributed by atoms with Crippen LogP contribution in [0.2, 0.25) is 5.15 Å². The van der Waals surface area contributed by atoms with Gasteiger partial charge >= 0.3 is 0 Å². The molecule has 0 spiro atoms. The zero-order valence-electron chi connectivity index (χ0n) is 12.4. The number of allylic oxidation sites excluding steroid dienone is 1. The molecule has 0 atom stereocenters. The second-order valence-corrected chi connectivity index (χ2v) is 7.01. The van der Waals surface area contributed by atoms with Gasteiger partial charge in [0.1, 0.15) is 22.9 Å². The fourth-order valence-electron chi connectivity index (χ4n) is 2.81. The summed E-state index contributed by atoms with van der Waals surface area (Å²) in [4.78, 5) is 12.8. The molecule has 0 N–H and O–H groups in total. The van der Waals surface area contributed by atoms with E-state index in [4.69, 9.17) is 11.6 Å². The first kappa shape index (κ1) is 15.7. The van der Waals surface area contributed by atoms with Gasteiger partial charge in [-0.1, -0.05) is 29.8 Å². The third kappa shape index (κ3) is 2.73. The summed E-state index contributed by atoms with van der Waals surface area (Å²) in [6.07, 6.45) is 5.88. The molecule has 0 saturated carbocycles. The van der Waals surface area contributed by atoms with Crippen LogP contribution in [0, 0.1) is 9.39 Å². The maximum Gasteiger partial charge on any atom is 0.146 e. The Bertz CT molecular complexity index is 1010. The first-order chi connectivity index (χ1) is 11.6. The predicted octanol–water partition coefficient (Wildman–Crippen LogP) is 4.61. The van der Waals surface area contributed by atoms with E-state index >= 15 is 0 Å².